The van der Waals surface area contributed by atoms with Crippen LogP contribution in [-0.2, 0) is 4.74 Å². The Bertz CT molecular complexity index is 863. The summed E-state index contributed by atoms with van der Waals surface area (Å²) in [5.41, 5.74) is 4.83. The van der Waals surface area contributed by atoms with Crippen molar-refractivity contribution in [2.24, 2.45) is 0 Å². The molecule has 0 saturated heterocycles. The molecular formula is C24H24N2O. The van der Waals surface area contributed by atoms with E-state index in [1.54, 1.807) is 0 Å². The molecule has 4 rings (SSSR count). The van der Waals surface area contributed by atoms with Gasteiger partial charge in [0, 0.05) is 17.9 Å². The number of benzene rings is 3. The first kappa shape index (κ1) is 17.4. The largest absolute Gasteiger partial charge is 0.356 e. The highest BCUT2D eigenvalue weighted by atomic mass is 16.5. The average Bonchev–Trinajstić information content (AvgIpc) is 2.86. The predicted octanol–water partition coefficient (Wildman–Crippen LogP) is 5.03. The highest BCUT2D eigenvalue weighted by Crippen LogP contribution is 2.22. The van der Waals surface area contributed by atoms with E-state index < -0.39 is 0 Å². The first-order chi connectivity index (χ1) is 13.4. The Morgan fingerprint density at radius 2 is 1.19 bits per heavy atom. The molecule has 1 aliphatic heterocycles. The van der Waals surface area contributed by atoms with Crippen molar-refractivity contribution < 1.29 is 4.74 Å². The van der Waals surface area contributed by atoms with Gasteiger partial charge in [-0.1, -0.05) is 72.8 Å². The summed E-state index contributed by atoms with van der Waals surface area (Å²) in [4.78, 5) is 4.65. The first-order valence-corrected chi connectivity index (χ1v) is 9.32. The molecule has 0 aromatic heterocycles. The van der Waals surface area contributed by atoms with E-state index in [-0.39, 0.29) is 0 Å². The fourth-order valence-corrected chi connectivity index (χ4v) is 3.32. The third-order valence-corrected chi connectivity index (χ3v) is 4.79. The van der Waals surface area contributed by atoms with Gasteiger partial charge in [0.2, 0.25) is 0 Å². The summed E-state index contributed by atoms with van der Waals surface area (Å²) in [6.07, 6.45) is 2.29. The maximum Gasteiger partial charge on any atom is 0.120 e. The van der Waals surface area contributed by atoms with Gasteiger partial charge in [0.25, 0.3) is 0 Å². The lowest BCUT2D eigenvalue weighted by molar-refractivity contribution is 0.167. The Kier molecular flexibility index (Phi) is 5.51. The van der Waals surface area contributed by atoms with E-state index in [4.69, 9.17) is 4.74 Å². The molecule has 0 radical (unpaired) electrons. The third kappa shape index (κ3) is 4.39. The minimum atomic E-state index is 0.553. The quantitative estimate of drug-likeness (QED) is 0.655. The number of nitrogens with zero attached hydrogens (tertiary/aromatic N) is 2. The molecule has 3 heteroatoms. The second kappa shape index (κ2) is 8.56. The van der Waals surface area contributed by atoms with Crippen LogP contribution in [0.1, 0.15) is 5.56 Å². The molecule has 1 aliphatic rings. The second-order valence-electron chi connectivity index (χ2n) is 6.65. The highest BCUT2D eigenvalue weighted by Gasteiger charge is 2.15. The van der Waals surface area contributed by atoms with Gasteiger partial charge in [0.05, 0.1) is 13.3 Å². The lowest BCUT2D eigenvalue weighted by atomic mass is 10.1. The van der Waals surface area contributed by atoms with Gasteiger partial charge < -0.3 is 14.5 Å². The molecule has 3 nitrogen and oxygen atoms in total. The van der Waals surface area contributed by atoms with Crippen LogP contribution in [0.5, 0.6) is 0 Å². The molecule has 0 fully saturated rings. The van der Waals surface area contributed by atoms with Crippen LogP contribution in [0.15, 0.2) is 97.1 Å². The van der Waals surface area contributed by atoms with Gasteiger partial charge in [-0.15, -0.1) is 0 Å². The predicted molar refractivity (Wildman–Crippen MR) is 113 cm³/mol. The van der Waals surface area contributed by atoms with Crippen LogP contribution in [0.25, 0.3) is 5.57 Å². The van der Waals surface area contributed by atoms with Crippen LogP contribution >= 0.6 is 0 Å². The SMILES string of the molecule is C1=C(/c2ccccc2)COCN(c2ccccc2)CN(c2ccccc2)C/1. The van der Waals surface area contributed by atoms with Gasteiger partial charge in [-0.2, -0.15) is 0 Å². The van der Waals surface area contributed by atoms with Crippen molar-refractivity contribution in [3.05, 3.63) is 103 Å². The number of ether oxygens (including phenoxy) is 1. The Balaban J connectivity index is 1.65. The number of hydrogen-bond acceptors (Lipinski definition) is 3. The summed E-state index contributed by atoms with van der Waals surface area (Å²) in [7, 11) is 0. The Morgan fingerprint density at radius 3 is 1.81 bits per heavy atom. The zero-order valence-electron chi connectivity index (χ0n) is 15.4. The standard InChI is InChI=1S/C24H24N2O/c1-4-10-21(11-5-1)22-16-17-25(23-12-6-2-7-13-23)19-26(20-27-18-22)24-14-8-3-9-15-24/h1-16H,17-20H2/b22-16+. The molecular weight excluding hydrogens is 332 g/mol. The maximum absolute atomic E-state index is 6.10. The van der Waals surface area contributed by atoms with Crippen molar-refractivity contribution in [2.45, 2.75) is 0 Å². The highest BCUT2D eigenvalue weighted by molar-refractivity contribution is 5.67. The molecule has 0 N–H and O–H groups in total. The zero-order chi connectivity index (χ0) is 18.3. The smallest absolute Gasteiger partial charge is 0.120 e. The molecule has 0 unspecified atom stereocenters. The molecule has 3 aromatic rings. The molecule has 3 aromatic carbocycles. The van der Waals surface area contributed by atoms with Gasteiger partial charge in [0.15, 0.2) is 0 Å². The summed E-state index contributed by atoms with van der Waals surface area (Å²) in [5, 5.41) is 0. The minimum absolute atomic E-state index is 0.553. The van der Waals surface area contributed by atoms with E-state index in [1.165, 1.54) is 22.5 Å². The molecule has 1 heterocycles. The third-order valence-electron chi connectivity index (χ3n) is 4.79. The van der Waals surface area contributed by atoms with Gasteiger partial charge in [-0.05, 0) is 35.4 Å². The van der Waals surface area contributed by atoms with Crippen LogP contribution in [0, 0.1) is 0 Å². The van der Waals surface area contributed by atoms with Crippen molar-refractivity contribution in [3.63, 3.8) is 0 Å². The van der Waals surface area contributed by atoms with Crippen LogP contribution < -0.4 is 9.80 Å². The lowest BCUT2D eigenvalue weighted by Gasteiger charge is -2.32. The summed E-state index contributed by atoms with van der Waals surface area (Å²) in [5.74, 6) is 0. The van der Waals surface area contributed by atoms with E-state index in [0.717, 1.165) is 13.2 Å². The van der Waals surface area contributed by atoms with E-state index >= 15 is 0 Å². The van der Waals surface area contributed by atoms with Crippen molar-refractivity contribution >= 4 is 16.9 Å². The van der Waals surface area contributed by atoms with Gasteiger partial charge in [0.1, 0.15) is 6.73 Å². The van der Waals surface area contributed by atoms with Crippen LogP contribution in [0.3, 0.4) is 0 Å². The van der Waals surface area contributed by atoms with Crippen LogP contribution in [0.4, 0.5) is 11.4 Å². The Morgan fingerprint density at radius 1 is 0.630 bits per heavy atom. The van der Waals surface area contributed by atoms with Crippen LogP contribution in [-0.4, -0.2) is 26.6 Å². The van der Waals surface area contributed by atoms with Gasteiger partial charge in [-0.3, -0.25) is 0 Å². The van der Waals surface area contributed by atoms with E-state index in [0.29, 0.717) is 13.3 Å². The Labute approximate surface area is 161 Å². The number of rotatable bonds is 3. The van der Waals surface area contributed by atoms with Gasteiger partial charge >= 0.3 is 0 Å². The van der Waals surface area contributed by atoms with Gasteiger partial charge in [-0.25, -0.2) is 0 Å². The van der Waals surface area contributed by atoms with Crippen molar-refractivity contribution in [2.75, 3.05) is 36.4 Å². The topological polar surface area (TPSA) is 15.7 Å². The number of hydrogen-bond donors (Lipinski definition) is 0. The molecule has 0 bridgehead atoms. The molecule has 0 saturated carbocycles. The minimum Gasteiger partial charge on any atom is -0.356 e. The average molecular weight is 356 g/mol. The fourth-order valence-electron chi connectivity index (χ4n) is 3.32. The molecule has 0 spiro atoms. The van der Waals surface area contributed by atoms with Crippen molar-refractivity contribution in [1.29, 1.82) is 0 Å². The zero-order valence-corrected chi connectivity index (χ0v) is 15.4. The van der Waals surface area contributed by atoms with E-state index in [1.807, 2.05) is 12.1 Å². The molecule has 0 amide bonds. The molecule has 136 valence electrons. The normalized spacial score (nSPS) is 17.4. The maximum atomic E-state index is 6.10. The summed E-state index contributed by atoms with van der Waals surface area (Å²) in [6.45, 7) is 2.76. The Hall–Kier alpha value is -3.04. The van der Waals surface area contributed by atoms with E-state index in [2.05, 4.69) is 94.7 Å². The molecule has 0 aliphatic carbocycles. The fraction of sp³-hybridized carbons (Fsp3) is 0.167. The van der Waals surface area contributed by atoms with E-state index in [9.17, 15) is 0 Å². The lowest BCUT2D eigenvalue weighted by Crippen LogP contribution is -2.39. The summed E-state index contributed by atoms with van der Waals surface area (Å²) < 4.78 is 6.10. The van der Waals surface area contributed by atoms with Crippen molar-refractivity contribution in [1.82, 2.24) is 0 Å². The number of anilines is 2. The number of para-hydroxylation sites is 2. The molecule has 27 heavy (non-hydrogen) atoms. The van der Waals surface area contributed by atoms with Crippen LogP contribution in [0.2, 0.25) is 0 Å². The van der Waals surface area contributed by atoms with Crippen molar-refractivity contribution in [3.8, 4) is 0 Å². The monoisotopic (exact) mass is 356 g/mol. The second-order valence-corrected chi connectivity index (χ2v) is 6.65. The molecule has 0 atom stereocenters. The summed E-state index contributed by atoms with van der Waals surface area (Å²) in [6, 6.07) is 31.5. The summed E-state index contributed by atoms with van der Waals surface area (Å²) >= 11 is 0. The first-order valence-electron chi connectivity index (χ1n) is 9.32.